The van der Waals surface area contributed by atoms with Crippen LogP contribution in [0.5, 0.6) is 0 Å². The molecule has 33 heavy (non-hydrogen) atoms. The number of rotatable bonds is 4. The van der Waals surface area contributed by atoms with E-state index in [0.717, 1.165) is 11.1 Å². The number of allylic oxidation sites excluding steroid dienone is 3. The molecule has 1 aliphatic carbocycles. The van der Waals surface area contributed by atoms with Gasteiger partial charge in [-0.3, -0.25) is 9.59 Å². The monoisotopic (exact) mass is 450 g/mol. The highest BCUT2D eigenvalue weighted by atomic mass is 16.7. The van der Waals surface area contributed by atoms with Crippen molar-refractivity contribution in [2.45, 2.75) is 65.0 Å². The second kappa shape index (κ2) is 8.69. The van der Waals surface area contributed by atoms with Crippen molar-refractivity contribution in [3.8, 4) is 0 Å². The lowest BCUT2D eigenvalue weighted by atomic mass is 9.65. The molecule has 0 aromatic heterocycles. The summed E-state index contributed by atoms with van der Waals surface area (Å²) in [5, 5.41) is 11.3. The van der Waals surface area contributed by atoms with Crippen molar-refractivity contribution in [3.05, 3.63) is 71.3 Å². The number of carbonyl (C=O) groups is 2. The first-order chi connectivity index (χ1) is 15.5. The molecular weight excluding hydrogens is 416 g/mol. The van der Waals surface area contributed by atoms with Gasteiger partial charge >= 0.3 is 5.97 Å². The van der Waals surface area contributed by atoms with E-state index in [2.05, 4.69) is 13.8 Å². The third-order valence-corrected chi connectivity index (χ3v) is 7.48. The Kier molecular flexibility index (Phi) is 6.23. The highest BCUT2D eigenvalue weighted by Crippen LogP contribution is 2.48. The summed E-state index contributed by atoms with van der Waals surface area (Å²) in [5.74, 6) is -1.99. The number of fused-ring (bicyclic) bond motifs is 3. The summed E-state index contributed by atoms with van der Waals surface area (Å²) in [6.45, 7) is 9.77. The van der Waals surface area contributed by atoms with Crippen LogP contribution < -0.4 is 0 Å². The van der Waals surface area contributed by atoms with Gasteiger partial charge in [-0.25, -0.2) is 0 Å². The topological polar surface area (TPSA) is 72.8 Å². The van der Waals surface area contributed by atoms with Crippen LogP contribution in [0.4, 0.5) is 0 Å². The molecule has 0 fully saturated rings. The van der Waals surface area contributed by atoms with Gasteiger partial charge < -0.3 is 14.6 Å². The Morgan fingerprint density at radius 1 is 1.21 bits per heavy atom. The number of esters is 1. The van der Waals surface area contributed by atoms with Gasteiger partial charge in [0.25, 0.3) is 0 Å². The Bertz CT molecular complexity index is 1020. The van der Waals surface area contributed by atoms with E-state index in [9.17, 15) is 14.7 Å². The fraction of sp³-hybridized carbons (Fsp3) is 0.500. The summed E-state index contributed by atoms with van der Waals surface area (Å²) in [6.07, 6.45) is 7.25. The third-order valence-electron chi connectivity index (χ3n) is 7.48. The normalized spacial score (nSPS) is 35.8. The van der Waals surface area contributed by atoms with Crippen molar-refractivity contribution in [3.63, 3.8) is 0 Å². The van der Waals surface area contributed by atoms with Crippen LogP contribution in [-0.2, 0) is 25.5 Å². The lowest BCUT2D eigenvalue weighted by Gasteiger charge is -2.40. The molecule has 1 aromatic carbocycles. The SMILES string of the molecule is CC1=CC(=O)[C@H](C(C)C)[C@H]2C=C(C)[C@@]3(O)C=C[C@](C)(O3)[C@@H](OC(=O)Cc3ccccc3)CC12. The Balaban J connectivity index is 1.71. The largest absolute Gasteiger partial charge is 0.459 e. The Labute approximate surface area is 196 Å². The molecule has 3 aliphatic rings. The molecule has 1 N–H and O–H groups in total. The first kappa shape index (κ1) is 23.7. The Morgan fingerprint density at radius 2 is 1.91 bits per heavy atom. The van der Waals surface area contributed by atoms with E-state index in [-0.39, 0.29) is 41.8 Å². The predicted octanol–water partition coefficient (Wildman–Crippen LogP) is 4.56. The van der Waals surface area contributed by atoms with Crippen LogP contribution in [0.1, 0.15) is 46.6 Å². The minimum Gasteiger partial charge on any atom is -0.459 e. The molecule has 5 heteroatoms. The number of hydrogen-bond acceptors (Lipinski definition) is 5. The van der Waals surface area contributed by atoms with Gasteiger partial charge in [-0.1, -0.05) is 55.8 Å². The smallest absolute Gasteiger partial charge is 0.310 e. The maximum Gasteiger partial charge on any atom is 0.310 e. The van der Waals surface area contributed by atoms with Gasteiger partial charge in [-0.2, -0.15) is 0 Å². The molecule has 6 atom stereocenters. The lowest BCUT2D eigenvalue weighted by Crippen LogP contribution is -2.47. The van der Waals surface area contributed by atoms with Crippen molar-refractivity contribution in [2.24, 2.45) is 23.7 Å². The first-order valence-corrected chi connectivity index (χ1v) is 11.8. The van der Waals surface area contributed by atoms with Crippen molar-refractivity contribution < 1.29 is 24.2 Å². The zero-order valence-electron chi connectivity index (χ0n) is 20.1. The zero-order chi connectivity index (χ0) is 24.0. The first-order valence-electron chi connectivity index (χ1n) is 11.8. The summed E-state index contributed by atoms with van der Waals surface area (Å²) >= 11 is 0. The third kappa shape index (κ3) is 4.49. The second-order valence-electron chi connectivity index (χ2n) is 10.3. The fourth-order valence-electron chi connectivity index (χ4n) is 5.57. The van der Waals surface area contributed by atoms with Gasteiger partial charge in [0, 0.05) is 5.92 Å². The van der Waals surface area contributed by atoms with Crippen LogP contribution in [0.3, 0.4) is 0 Å². The van der Waals surface area contributed by atoms with Crippen LogP contribution in [0.15, 0.2) is 65.8 Å². The summed E-state index contributed by atoms with van der Waals surface area (Å²) in [4.78, 5) is 25.9. The van der Waals surface area contributed by atoms with Crippen molar-refractivity contribution in [1.29, 1.82) is 0 Å². The van der Waals surface area contributed by atoms with E-state index in [1.54, 1.807) is 18.2 Å². The van der Waals surface area contributed by atoms with Gasteiger partial charge in [0.15, 0.2) is 5.78 Å². The molecule has 0 radical (unpaired) electrons. The molecule has 5 nitrogen and oxygen atoms in total. The van der Waals surface area contributed by atoms with E-state index >= 15 is 0 Å². The van der Waals surface area contributed by atoms with Crippen LogP contribution in [0, 0.1) is 23.7 Å². The molecule has 4 rings (SSSR count). The molecular formula is C28H34O5. The number of aliphatic hydroxyl groups is 1. The lowest BCUT2D eigenvalue weighted by molar-refractivity contribution is -0.215. The van der Waals surface area contributed by atoms with E-state index in [1.165, 1.54) is 0 Å². The summed E-state index contributed by atoms with van der Waals surface area (Å²) in [5.41, 5.74) is 1.53. The Morgan fingerprint density at radius 3 is 2.58 bits per heavy atom. The number of ketones is 1. The summed E-state index contributed by atoms with van der Waals surface area (Å²) in [7, 11) is 0. The van der Waals surface area contributed by atoms with Crippen molar-refractivity contribution in [1.82, 2.24) is 0 Å². The van der Waals surface area contributed by atoms with E-state index < -0.39 is 17.5 Å². The molecule has 1 aromatic rings. The molecule has 0 saturated heterocycles. The molecule has 0 amide bonds. The van der Waals surface area contributed by atoms with E-state index in [0.29, 0.717) is 12.0 Å². The standard InChI is InChI=1S/C28H34O5/c1-17(2)26-22-14-19(4)28(31)12-11-27(5,33-28)24(16-21(22)18(3)13-23(26)29)32-25(30)15-20-9-7-6-8-10-20/h6-14,17,21-22,24,26,31H,15-16H2,1-5H3/t21?,22-,24-,26+,27-,28+/m0/s1. The molecule has 2 aliphatic heterocycles. The quantitative estimate of drug-likeness (QED) is 0.538. The van der Waals surface area contributed by atoms with Crippen LogP contribution >= 0.6 is 0 Å². The number of hydrogen-bond donors (Lipinski definition) is 1. The highest BCUT2D eigenvalue weighted by Gasteiger charge is 2.52. The van der Waals surface area contributed by atoms with Crippen LogP contribution in [-0.4, -0.2) is 34.4 Å². The summed E-state index contributed by atoms with van der Waals surface area (Å²) in [6, 6.07) is 9.49. The van der Waals surface area contributed by atoms with Gasteiger partial charge in [0.2, 0.25) is 5.79 Å². The molecule has 176 valence electrons. The highest BCUT2D eigenvalue weighted by molar-refractivity contribution is 5.94. The fourth-order valence-corrected chi connectivity index (χ4v) is 5.57. The minimum absolute atomic E-state index is 0.00338. The number of ether oxygens (including phenoxy) is 2. The molecule has 0 saturated carbocycles. The van der Waals surface area contributed by atoms with E-state index in [1.807, 2.05) is 57.2 Å². The maximum absolute atomic E-state index is 13.0. The van der Waals surface area contributed by atoms with Crippen molar-refractivity contribution >= 4 is 11.8 Å². The number of benzene rings is 1. The van der Waals surface area contributed by atoms with Gasteiger partial charge in [0.1, 0.15) is 11.7 Å². The number of carbonyl (C=O) groups excluding carboxylic acids is 2. The molecule has 2 bridgehead atoms. The zero-order valence-corrected chi connectivity index (χ0v) is 20.1. The van der Waals surface area contributed by atoms with Crippen molar-refractivity contribution in [2.75, 3.05) is 0 Å². The van der Waals surface area contributed by atoms with Gasteiger partial charge in [0.05, 0.1) is 6.42 Å². The van der Waals surface area contributed by atoms with Gasteiger partial charge in [-0.15, -0.1) is 0 Å². The van der Waals surface area contributed by atoms with Crippen LogP contribution in [0.25, 0.3) is 0 Å². The molecule has 0 spiro atoms. The van der Waals surface area contributed by atoms with E-state index in [4.69, 9.17) is 9.47 Å². The predicted molar refractivity (Wildman–Crippen MR) is 126 cm³/mol. The average molecular weight is 451 g/mol. The average Bonchev–Trinajstić information content (AvgIpc) is 3.07. The second-order valence-corrected chi connectivity index (χ2v) is 10.3. The molecule has 2 heterocycles. The molecule has 1 unspecified atom stereocenters. The van der Waals surface area contributed by atoms with Gasteiger partial charge in [-0.05, 0) is 74.3 Å². The maximum atomic E-state index is 13.0. The minimum atomic E-state index is -1.59. The summed E-state index contributed by atoms with van der Waals surface area (Å²) < 4.78 is 12.2. The Hall–Kier alpha value is -2.50. The van der Waals surface area contributed by atoms with Crippen LogP contribution in [0.2, 0.25) is 0 Å².